The summed E-state index contributed by atoms with van der Waals surface area (Å²) < 4.78 is 2.23. The molecule has 0 saturated carbocycles. The van der Waals surface area contributed by atoms with E-state index in [9.17, 15) is 5.26 Å². The summed E-state index contributed by atoms with van der Waals surface area (Å²) in [4.78, 5) is 0. The highest BCUT2D eigenvalue weighted by Crippen LogP contribution is 2.29. The van der Waals surface area contributed by atoms with Crippen molar-refractivity contribution in [2.45, 2.75) is 38.3 Å². The number of hydrogen-bond donors (Lipinski definition) is 1. The van der Waals surface area contributed by atoms with E-state index < -0.39 is 0 Å². The Morgan fingerprint density at radius 1 is 1.29 bits per heavy atom. The van der Waals surface area contributed by atoms with Crippen molar-refractivity contribution >= 4 is 0 Å². The molecule has 1 unspecified atom stereocenters. The highest BCUT2D eigenvalue weighted by Gasteiger charge is 2.19. The maximum atomic E-state index is 9.21. The molecule has 2 aromatic rings. The molecule has 0 saturated heterocycles. The van der Waals surface area contributed by atoms with Crippen LogP contribution in [-0.4, -0.2) is 11.6 Å². The average Bonchev–Trinajstić information content (AvgIpc) is 2.81. The molecule has 0 bridgehead atoms. The summed E-state index contributed by atoms with van der Waals surface area (Å²) in [5.41, 5.74) is 4.75. The predicted molar refractivity (Wildman–Crippen MR) is 84.0 cm³/mol. The van der Waals surface area contributed by atoms with Crippen LogP contribution in [0, 0.1) is 11.3 Å². The lowest BCUT2D eigenvalue weighted by Gasteiger charge is -2.13. The number of benzene rings is 1. The van der Waals surface area contributed by atoms with Crippen molar-refractivity contribution < 1.29 is 0 Å². The third-order valence-corrected chi connectivity index (χ3v) is 4.40. The molecule has 0 radical (unpaired) electrons. The molecule has 1 aromatic carbocycles. The molecule has 1 atom stereocenters. The Morgan fingerprint density at radius 3 is 2.95 bits per heavy atom. The van der Waals surface area contributed by atoms with Gasteiger partial charge in [-0.1, -0.05) is 24.6 Å². The van der Waals surface area contributed by atoms with Crippen LogP contribution in [0.15, 0.2) is 36.7 Å². The minimum absolute atomic E-state index is 0.468. The number of fused-ring (bicyclic) bond motifs is 1. The molecule has 0 amide bonds. The molecule has 108 valence electrons. The first-order valence-electron chi connectivity index (χ1n) is 7.65. The first-order valence-corrected chi connectivity index (χ1v) is 7.65. The topological polar surface area (TPSA) is 40.8 Å². The fourth-order valence-corrected chi connectivity index (χ4v) is 3.27. The highest BCUT2D eigenvalue weighted by atomic mass is 15.0. The zero-order valence-electron chi connectivity index (χ0n) is 12.5. The van der Waals surface area contributed by atoms with E-state index in [2.05, 4.69) is 28.3 Å². The Balaban J connectivity index is 1.89. The van der Waals surface area contributed by atoms with Gasteiger partial charge in [0.15, 0.2) is 0 Å². The lowest BCUT2D eigenvalue weighted by atomic mass is 10.1. The largest absolute Gasteiger partial charge is 0.349 e. The van der Waals surface area contributed by atoms with Gasteiger partial charge >= 0.3 is 0 Å². The average molecular weight is 279 g/mol. The van der Waals surface area contributed by atoms with Crippen LogP contribution in [0.1, 0.15) is 47.6 Å². The third kappa shape index (κ3) is 2.86. The van der Waals surface area contributed by atoms with Crippen molar-refractivity contribution in [2.75, 3.05) is 7.05 Å². The van der Waals surface area contributed by atoms with Gasteiger partial charge in [0.2, 0.25) is 0 Å². The fourth-order valence-electron chi connectivity index (χ4n) is 3.27. The molecule has 0 fully saturated rings. The SMILES string of the molecule is CNC1CCCCc2cn(Cc3ccccc3C#N)cc21. The molecule has 1 N–H and O–H groups in total. The third-order valence-electron chi connectivity index (χ3n) is 4.40. The van der Waals surface area contributed by atoms with E-state index in [0.717, 1.165) is 17.7 Å². The fraction of sp³-hybridized carbons (Fsp3) is 0.389. The summed E-state index contributed by atoms with van der Waals surface area (Å²) in [5.74, 6) is 0. The number of aryl methyl sites for hydroxylation is 1. The second-order valence-electron chi connectivity index (χ2n) is 5.77. The second-order valence-corrected chi connectivity index (χ2v) is 5.77. The lowest BCUT2D eigenvalue weighted by molar-refractivity contribution is 0.531. The van der Waals surface area contributed by atoms with Crippen LogP contribution in [0.3, 0.4) is 0 Å². The zero-order chi connectivity index (χ0) is 14.7. The van der Waals surface area contributed by atoms with Crippen LogP contribution >= 0.6 is 0 Å². The van der Waals surface area contributed by atoms with Gasteiger partial charge in [0.1, 0.15) is 0 Å². The van der Waals surface area contributed by atoms with Gasteiger partial charge in [-0.2, -0.15) is 5.26 Å². The summed E-state index contributed by atoms with van der Waals surface area (Å²) in [7, 11) is 2.04. The molecule has 3 nitrogen and oxygen atoms in total. The van der Waals surface area contributed by atoms with Gasteiger partial charge in [0, 0.05) is 25.0 Å². The first kappa shape index (κ1) is 13.9. The van der Waals surface area contributed by atoms with E-state index in [1.807, 2.05) is 31.3 Å². The maximum absolute atomic E-state index is 9.21. The molecular formula is C18H21N3. The van der Waals surface area contributed by atoms with E-state index in [1.165, 1.54) is 36.8 Å². The molecule has 0 aliphatic heterocycles. The van der Waals surface area contributed by atoms with E-state index in [4.69, 9.17) is 0 Å². The summed E-state index contributed by atoms with van der Waals surface area (Å²) in [6.45, 7) is 0.771. The monoisotopic (exact) mass is 279 g/mol. The Kier molecular flexibility index (Phi) is 4.08. The molecule has 21 heavy (non-hydrogen) atoms. The molecule has 1 aliphatic rings. The van der Waals surface area contributed by atoms with E-state index in [0.29, 0.717) is 6.04 Å². The van der Waals surface area contributed by atoms with Crippen molar-refractivity contribution in [2.24, 2.45) is 0 Å². The Bertz CT molecular complexity index is 663. The van der Waals surface area contributed by atoms with Crippen molar-refractivity contribution in [3.05, 3.63) is 58.9 Å². The normalized spacial score (nSPS) is 17.8. The van der Waals surface area contributed by atoms with Crippen LogP contribution in [0.5, 0.6) is 0 Å². The lowest BCUT2D eigenvalue weighted by Crippen LogP contribution is -2.15. The number of hydrogen-bond acceptors (Lipinski definition) is 2. The summed E-state index contributed by atoms with van der Waals surface area (Å²) in [5, 5.41) is 12.6. The van der Waals surface area contributed by atoms with Crippen molar-refractivity contribution in [1.82, 2.24) is 9.88 Å². The summed E-state index contributed by atoms with van der Waals surface area (Å²) in [6.07, 6.45) is 9.46. The minimum atomic E-state index is 0.468. The van der Waals surface area contributed by atoms with Gasteiger partial charge < -0.3 is 9.88 Å². The van der Waals surface area contributed by atoms with Crippen LogP contribution < -0.4 is 5.32 Å². The van der Waals surface area contributed by atoms with E-state index in [-0.39, 0.29) is 0 Å². The Labute approximate surface area is 126 Å². The molecule has 3 heteroatoms. The summed E-state index contributed by atoms with van der Waals surface area (Å²) >= 11 is 0. The van der Waals surface area contributed by atoms with Crippen LogP contribution in [-0.2, 0) is 13.0 Å². The van der Waals surface area contributed by atoms with E-state index >= 15 is 0 Å². The summed E-state index contributed by atoms with van der Waals surface area (Å²) in [6, 6.07) is 10.6. The van der Waals surface area contributed by atoms with Gasteiger partial charge in [-0.3, -0.25) is 0 Å². The Morgan fingerprint density at radius 2 is 2.14 bits per heavy atom. The molecule has 1 heterocycles. The number of nitrogens with one attached hydrogen (secondary N) is 1. The number of rotatable bonds is 3. The first-order chi connectivity index (χ1) is 10.3. The van der Waals surface area contributed by atoms with Crippen LogP contribution in [0.4, 0.5) is 0 Å². The van der Waals surface area contributed by atoms with Gasteiger partial charge in [-0.15, -0.1) is 0 Å². The number of aromatic nitrogens is 1. The molecule has 0 spiro atoms. The van der Waals surface area contributed by atoms with Crippen molar-refractivity contribution in [3.63, 3.8) is 0 Å². The van der Waals surface area contributed by atoms with Gasteiger partial charge in [-0.05, 0) is 49.1 Å². The molecular weight excluding hydrogens is 258 g/mol. The van der Waals surface area contributed by atoms with Crippen molar-refractivity contribution in [3.8, 4) is 6.07 Å². The van der Waals surface area contributed by atoms with Gasteiger partial charge in [0.25, 0.3) is 0 Å². The number of nitriles is 1. The quantitative estimate of drug-likeness (QED) is 0.875. The zero-order valence-corrected chi connectivity index (χ0v) is 12.5. The van der Waals surface area contributed by atoms with Crippen molar-refractivity contribution in [1.29, 1.82) is 5.26 Å². The predicted octanol–water partition coefficient (Wildman–Crippen LogP) is 3.39. The Hall–Kier alpha value is -2.05. The highest BCUT2D eigenvalue weighted by molar-refractivity contribution is 5.38. The maximum Gasteiger partial charge on any atom is 0.0995 e. The molecule has 3 rings (SSSR count). The second kappa shape index (κ2) is 6.15. The number of nitrogens with zero attached hydrogens (tertiary/aromatic N) is 2. The van der Waals surface area contributed by atoms with Gasteiger partial charge in [-0.25, -0.2) is 0 Å². The van der Waals surface area contributed by atoms with Crippen LogP contribution in [0.25, 0.3) is 0 Å². The van der Waals surface area contributed by atoms with Crippen LogP contribution in [0.2, 0.25) is 0 Å². The molecule has 1 aromatic heterocycles. The van der Waals surface area contributed by atoms with E-state index in [1.54, 1.807) is 0 Å². The smallest absolute Gasteiger partial charge is 0.0995 e. The minimum Gasteiger partial charge on any atom is -0.349 e. The molecule has 1 aliphatic carbocycles. The standard InChI is InChI=1S/C18H21N3/c1-20-18-9-5-4-8-16-12-21(13-17(16)18)11-15-7-3-2-6-14(15)10-19/h2-3,6-7,12-13,18,20H,4-5,8-9,11H2,1H3. The van der Waals surface area contributed by atoms with Gasteiger partial charge in [0.05, 0.1) is 11.6 Å².